The highest BCUT2D eigenvalue weighted by molar-refractivity contribution is 7.89. The van der Waals surface area contributed by atoms with Gasteiger partial charge in [0.25, 0.3) is 0 Å². The number of hydrogen-bond donors (Lipinski definition) is 4. The van der Waals surface area contributed by atoms with E-state index in [0.29, 0.717) is 12.2 Å². The van der Waals surface area contributed by atoms with Crippen molar-refractivity contribution >= 4 is 27.5 Å². The summed E-state index contributed by atoms with van der Waals surface area (Å²) in [5.41, 5.74) is 0.484. The van der Waals surface area contributed by atoms with Gasteiger partial charge >= 0.3 is 0 Å². The molecular weight excluding hydrogens is 396 g/mol. The van der Waals surface area contributed by atoms with Crippen molar-refractivity contribution in [3.63, 3.8) is 0 Å². The summed E-state index contributed by atoms with van der Waals surface area (Å²) in [5, 5.41) is 5.33. The quantitative estimate of drug-likeness (QED) is 0.449. The van der Waals surface area contributed by atoms with Crippen molar-refractivity contribution in [2.45, 2.75) is 30.8 Å². The number of quaternary nitrogens is 1. The summed E-state index contributed by atoms with van der Waals surface area (Å²) in [6.45, 7) is 3.13. The van der Waals surface area contributed by atoms with Crippen LogP contribution in [0.1, 0.15) is 25.6 Å². The molecule has 2 atom stereocenters. The Hall–Kier alpha value is -2.69. The normalized spacial score (nSPS) is 13.7. The monoisotopic (exact) mass is 423 g/mol. The fourth-order valence-corrected chi connectivity index (χ4v) is 3.91. The van der Waals surface area contributed by atoms with Crippen molar-refractivity contribution in [1.82, 2.24) is 10.0 Å². The number of rotatable bonds is 9. The van der Waals surface area contributed by atoms with Gasteiger partial charge in [-0.1, -0.05) is 0 Å². The molecule has 1 aromatic carbocycles. The SMILES string of the molecule is CC(=O)Nc1ccc(S(=O)(=O)N[C@H](C)C(=O)NC[C@@H](c2ccco2)[NH+](C)C)cc1. The van der Waals surface area contributed by atoms with Gasteiger partial charge < -0.3 is 20.0 Å². The Bertz CT molecular complexity index is 924. The molecule has 1 heterocycles. The predicted octanol–water partition coefficient (Wildman–Crippen LogP) is -0.0932. The zero-order valence-electron chi connectivity index (χ0n) is 16.9. The Kier molecular flexibility index (Phi) is 7.54. The van der Waals surface area contributed by atoms with E-state index in [4.69, 9.17) is 4.42 Å². The third kappa shape index (κ3) is 6.41. The molecule has 0 unspecified atom stereocenters. The smallest absolute Gasteiger partial charge is 0.241 e. The van der Waals surface area contributed by atoms with E-state index in [1.54, 1.807) is 12.3 Å². The molecule has 0 radical (unpaired) electrons. The number of anilines is 1. The molecule has 9 nitrogen and oxygen atoms in total. The lowest BCUT2D eigenvalue weighted by molar-refractivity contribution is -0.891. The Morgan fingerprint density at radius 2 is 1.79 bits per heavy atom. The summed E-state index contributed by atoms with van der Waals surface area (Å²) in [5.74, 6) is 0.0375. The lowest BCUT2D eigenvalue weighted by Crippen LogP contribution is -3.07. The summed E-state index contributed by atoms with van der Waals surface area (Å²) in [6.07, 6.45) is 1.57. The fraction of sp³-hybridized carbons (Fsp3) is 0.368. The van der Waals surface area contributed by atoms with Crippen LogP contribution in [0.5, 0.6) is 0 Å². The van der Waals surface area contributed by atoms with Crippen LogP contribution in [0.3, 0.4) is 0 Å². The minimum absolute atomic E-state index is 0.00236. The Balaban J connectivity index is 1.97. The minimum Gasteiger partial charge on any atom is -0.463 e. The molecule has 2 aromatic rings. The van der Waals surface area contributed by atoms with Crippen molar-refractivity contribution in [2.24, 2.45) is 0 Å². The van der Waals surface area contributed by atoms with Crippen molar-refractivity contribution in [3.05, 3.63) is 48.4 Å². The molecule has 158 valence electrons. The number of sulfonamides is 1. The maximum atomic E-state index is 12.5. The van der Waals surface area contributed by atoms with Crippen molar-refractivity contribution in [2.75, 3.05) is 26.0 Å². The second kappa shape index (κ2) is 9.68. The van der Waals surface area contributed by atoms with E-state index in [-0.39, 0.29) is 16.8 Å². The molecule has 0 aliphatic rings. The van der Waals surface area contributed by atoms with Gasteiger partial charge in [0.2, 0.25) is 21.8 Å². The van der Waals surface area contributed by atoms with Crippen molar-refractivity contribution in [3.8, 4) is 0 Å². The van der Waals surface area contributed by atoms with Gasteiger partial charge in [0.05, 0.1) is 37.8 Å². The molecule has 2 rings (SSSR count). The third-order valence-electron chi connectivity index (χ3n) is 4.27. The lowest BCUT2D eigenvalue weighted by atomic mass is 10.2. The highest BCUT2D eigenvalue weighted by Gasteiger charge is 2.25. The Labute approximate surface area is 170 Å². The molecule has 0 aliphatic heterocycles. The zero-order chi connectivity index (χ0) is 21.6. The number of amides is 2. The maximum absolute atomic E-state index is 12.5. The van der Waals surface area contributed by atoms with Gasteiger partial charge in [0.15, 0.2) is 11.8 Å². The molecule has 0 fully saturated rings. The highest BCUT2D eigenvalue weighted by Crippen LogP contribution is 2.14. The summed E-state index contributed by atoms with van der Waals surface area (Å²) in [6, 6.07) is 8.23. The third-order valence-corrected chi connectivity index (χ3v) is 5.83. The van der Waals surface area contributed by atoms with E-state index in [9.17, 15) is 18.0 Å². The van der Waals surface area contributed by atoms with Crippen LogP contribution in [0, 0.1) is 0 Å². The van der Waals surface area contributed by atoms with Gasteiger partial charge in [0.1, 0.15) is 0 Å². The van der Waals surface area contributed by atoms with E-state index in [1.807, 2.05) is 20.2 Å². The molecule has 1 aromatic heterocycles. The minimum atomic E-state index is -3.90. The van der Waals surface area contributed by atoms with Crippen LogP contribution in [0.4, 0.5) is 5.69 Å². The van der Waals surface area contributed by atoms with Crippen LogP contribution in [-0.2, 0) is 19.6 Å². The topological polar surface area (TPSA) is 122 Å². The number of likely N-dealkylation sites (N-methyl/N-ethyl adjacent to an activating group) is 1. The van der Waals surface area contributed by atoms with Crippen LogP contribution in [-0.4, -0.2) is 46.9 Å². The van der Waals surface area contributed by atoms with Crippen molar-refractivity contribution < 1.29 is 27.3 Å². The van der Waals surface area contributed by atoms with Gasteiger partial charge in [-0.05, 0) is 43.3 Å². The zero-order valence-corrected chi connectivity index (χ0v) is 17.7. The van der Waals surface area contributed by atoms with E-state index in [1.165, 1.54) is 38.1 Å². The summed E-state index contributed by atoms with van der Waals surface area (Å²) >= 11 is 0. The molecule has 0 spiro atoms. The van der Waals surface area contributed by atoms with E-state index in [2.05, 4.69) is 15.4 Å². The summed E-state index contributed by atoms with van der Waals surface area (Å²) < 4.78 is 32.8. The Morgan fingerprint density at radius 3 is 2.31 bits per heavy atom. The lowest BCUT2D eigenvalue weighted by Gasteiger charge is -2.21. The number of carbonyl (C=O) groups is 2. The molecule has 0 aliphatic carbocycles. The standard InChI is InChI=1S/C19H26N4O5S/c1-13(19(25)20-12-17(23(3)4)18-6-5-11-28-18)22-29(26,27)16-9-7-15(8-10-16)21-14(2)24/h5-11,13,17,22H,12H2,1-4H3,(H,20,25)(H,21,24)/p+1/t13-,17+/m1/s1. The second-order valence-corrected chi connectivity index (χ2v) is 8.65. The Morgan fingerprint density at radius 1 is 1.14 bits per heavy atom. The molecule has 0 saturated carbocycles. The number of nitrogens with one attached hydrogen (secondary N) is 4. The first-order chi connectivity index (χ1) is 13.6. The van der Waals surface area contributed by atoms with Crippen LogP contribution in [0.25, 0.3) is 0 Å². The van der Waals surface area contributed by atoms with Crippen molar-refractivity contribution in [1.29, 1.82) is 0 Å². The molecule has 0 bridgehead atoms. The van der Waals surface area contributed by atoms with Gasteiger partial charge in [-0.25, -0.2) is 8.42 Å². The maximum Gasteiger partial charge on any atom is 0.241 e. The number of hydrogen-bond acceptors (Lipinski definition) is 5. The second-order valence-electron chi connectivity index (χ2n) is 6.94. The number of furan rings is 1. The number of carbonyl (C=O) groups excluding carboxylic acids is 2. The first kappa shape index (κ1) is 22.6. The first-order valence-corrected chi connectivity index (χ1v) is 10.6. The van der Waals surface area contributed by atoms with Crippen LogP contribution < -0.4 is 20.3 Å². The van der Waals surface area contributed by atoms with Gasteiger partial charge in [0, 0.05) is 12.6 Å². The highest BCUT2D eigenvalue weighted by atomic mass is 32.2. The largest absolute Gasteiger partial charge is 0.463 e. The van der Waals surface area contributed by atoms with Gasteiger partial charge in [-0.3, -0.25) is 9.59 Å². The van der Waals surface area contributed by atoms with Gasteiger partial charge in [-0.2, -0.15) is 4.72 Å². The molecular formula is C19H27N4O5S+. The fourth-order valence-electron chi connectivity index (χ4n) is 2.71. The van der Waals surface area contributed by atoms with Crippen LogP contribution in [0.2, 0.25) is 0 Å². The van der Waals surface area contributed by atoms with Crippen LogP contribution in [0.15, 0.2) is 52.0 Å². The summed E-state index contributed by atoms with van der Waals surface area (Å²) in [4.78, 5) is 24.5. The molecule has 29 heavy (non-hydrogen) atoms. The van der Waals surface area contributed by atoms with Gasteiger partial charge in [-0.15, -0.1) is 0 Å². The average molecular weight is 424 g/mol. The molecule has 10 heteroatoms. The van der Waals surface area contributed by atoms with Crippen LogP contribution >= 0.6 is 0 Å². The molecule has 2 amide bonds. The van der Waals surface area contributed by atoms with E-state index in [0.717, 1.165) is 10.7 Å². The van der Waals surface area contributed by atoms with E-state index < -0.39 is 22.0 Å². The van der Waals surface area contributed by atoms with E-state index >= 15 is 0 Å². The predicted molar refractivity (Wildman–Crippen MR) is 108 cm³/mol. The first-order valence-electron chi connectivity index (χ1n) is 9.11. The molecule has 4 N–H and O–H groups in total. The number of benzene rings is 1. The molecule has 0 saturated heterocycles. The summed E-state index contributed by atoms with van der Waals surface area (Å²) in [7, 11) is -0.0140. The average Bonchev–Trinajstić information content (AvgIpc) is 3.15.